The van der Waals surface area contributed by atoms with Crippen LogP contribution in [0.4, 0.5) is 5.69 Å². The van der Waals surface area contributed by atoms with Crippen LogP contribution in [-0.4, -0.2) is 20.1 Å². The van der Waals surface area contributed by atoms with Crippen molar-refractivity contribution in [2.24, 2.45) is 0 Å². The number of nitrogens with zero attached hydrogens (tertiary/aromatic N) is 1. The first-order chi connectivity index (χ1) is 7.06. The molecule has 0 saturated heterocycles. The molecule has 0 aromatic heterocycles. The van der Waals surface area contributed by atoms with Crippen LogP contribution >= 0.6 is 0 Å². The molecule has 1 N–H and O–H groups in total. The normalized spacial score (nSPS) is 18.2. The van der Waals surface area contributed by atoms with Gasteiger partial charge in [0.2, 0.25) is 0 Å². The van der Waals surface area contributed by atoms with E-state index in [9.17, 15) is 13.5 Å². The van der Waals surface area contributed by atoms with E-state index in [1.165, 1.54) is 4.31 Å². The van der Waals surface area contributed by atoms with Crippen molar-refractivity contribution in [2.75, 3.05) is 10.8 Å². The number of aliphatic hydroxyl groups excluding tert-OH is 1. The van der Waals surface area contributed by atoms with Crippen molar-refractivity contribution in [3.8, 4) is 0 Å². The van der Waals surface area contributed by atoms with Crippen LogP contribution in [0.1, 0.15) is 12.5 Å². The highest BCUT2D eigenvalue weighted by Gasteiger charge is 2.27. The number of benzene rings is 1. The minimum Gasteiger partial charge on any atom is -0.506 e. The number of hydrogen-bond donors (Lipinski definition) is 1. The third-order valence-corrected chi connectivity index (χ3v) is 3.89. The molecule has 1 aliphatic rings. The standard InChI is InChI=1S/C10H11NO3S/c1-2-11-9-6-4-3-5-8(9)10(12)7-15(11,13)14/h3-7,12H,2H2,1H3. The second kappa shape index (κ2) is 3.27. The molecule has 0 bridgehead atoms. The molecule has 1 aromatic carbocycles. The summed E-state index contributed by atoms with van der Waals surface area (Å²) in [6, 6.07) is 6.88. The Morgan fingerprint density at radius 2 is 2.00 bits per heavy atom. The van der Waals surface area contributed by atoms with E-state index in [-0.39, 0.29) is 5.76 Å². The van der Waals surface area contributed by atoms with Gasteiger partial charge in [-0.1, -0.05) is 12.1 Å². The predicted octanol–water partition coefficient (Wildman–Crippen LogP) is 1.71. The van der Waals surface area contributed by atoms with E-state index in [2.05, 4.69) is 0 Å². The second-order valence-electron chi connectivity index (χ2n) is 3.23. The minimum atomic E-state index is -3.51. The van der Waals surface area contributed by atoms with Crippen molar-refractivity contribution < 1.29 is 13.5 Å². The van der Waals surface area contributed by atoms with E-state index in [0.29, 0.717) is 17.8 Å². The van der Waals surface area contributed by atoms with E-state index in [0.717, 1.165) is 5.41 Å². The first kappa shape index (κ1) is 10.0. The van der Waals surface area contributed by atoms with Crippen molar-refractivity contribution in [2.45, 2.75) is 6.92 Å². The van der Waals surface area contributed by atoms with E-state index < -0.39 is 10.0 Å². The van der Waals surface area contributed by atoms with Crippen molar-refractivity contribution in [1.29, 1.82) is 0 Å². The van der Waals surface area contributed by atoms with Crippen LogP contribution in [0.25, 0.3) is 5.76 Å². The van der Waals surface area contributed by atoms with Crippen LogP contribution < -0.4 is 4.31 Å². The summed E-state index contributed by atoms with van der Waals surface area (Å²) in [7, 11) is -3.51. The highest BCUT2D eigenvalue weighted by molar-refractivity contribution is 7.95. The lowest BCUT2D eigenvalue weighted by Gasteiger charge is -2.26. The fraction of sp³-hybridized carbons (Fsp3) is 0.200. The topological polar surface area (TPSA) is 57.6 Å². The SMILES string of the molecule is CCN1c2ccccc2C(O)=CS1(=O)=O. The molecule has 1 aliphatic heterocycles. The fourth-order valence-electron chi connectivity index (χ4n) is 1.66. The molecule has 0 fully saturated rings. The highest BCUT2D eigenvalue weighted by atomic mass is 32.2. The lowest BCUT2D eigenvalue weighted by atomic mass is 10.1. The molecular formula is C10H11NO3S. The largest absolute Gasteiger partial charge is 0.506 e. The van der Waals surface area contributed by atoms with Crippen LogP contribution in [0, 0.1) is 0 Å². The minimum absolute atomic E-state index is 0.199. The third kappa shape index (κ3) is 1.48. The molecule has 0 aliphatic carbocycles. The van der Waals surface area contributed by atoms with Crippen LogP contribution in [0.2, 0.25) is 0 Å². The number of sulfonamides is 1. The Morgan fingerprint density at radius 1 is 1.33 bits per heavy atom. The maximum Gasteiger partial charge on any atom is 0.261 e. The van der Waals surface area contributed by atoms with Crippen LogP contribution in [0.5, 0.6) is 0 Å². The van der Waals surface area contributed by atoms with Crippen molar-refractivity contribution in [3.63, 3.8) is 0 Å². The maximum atomic E-state index is 11.7. The number of para-hydroxylation sites is 1. The van der Waals surface area contributed by atoms with Crippen molar-refractivity contribution >= 4 is 21.5 Å². The number of hydrogen-bond acceptors (Lipinski definition) is 3. The van der Waals surface area contributed by atoms with E-state index in [4.69, 9.17) is 0 Å². The summed E-state index contributed by atoms with van der Waals surface area (Å²) in [5, 5.41) is 10.5. The Bertz CT molecular complexity index is 519. The molecule has 0 radical (unpaired) electrons. The number of fused-ring (bicyclic) bond motifs is 1. The third-order valence-electron chi connectivity index (χ3n) is 2.30. The molecule has 0 spiro atoms. The average Bonchev–Trinajstić information content (AvgIpc) is 2.17. The zero-order valence-electron chi connectivity index (χ0n) is 8.21. The Kier molecular flexibility index (Phi) is 2.19. The molecule has 2 rings (SSSR count). The Hall–Kier alpha value is -1.49. The van der Waals surface area contributed by atoms with Gasteiger partial charge in [-0.05, 0) is 19.1 Å². The number of rotatable bonds is 1. The van der Waals surface area contributed by atoms with Crippen molar-refractivity contribution in [1.82, 2.24) is 0 Å². The lowest BCUT2D eigenvalue weighted by molar-refractivity contribution is 0.510. The van der Waals surface area contributed by atoms with Gasteiger partial charge in [-0.2, -0.15) is 0 Å². The summed E-state index contributed by atoms with van der Waals surface area (Å²) >= 11 is 0. The van der Waals surface area contributed by atoms with Crippen LogP contribution in [-0.2, 0) is 10.0 Å². The van der Waals surface area contributed by atoms with Gasteiger partial charge in [-0.25, -0.2) is 8.42 Å². The second-order valence-corrected chi connectivity index (χ2v) is 4.94. The van der Waals surface area contributed by atoms with Gasteiger partial charge in [-0.3, -0.25) is 4.31 Å². The average molecular weight is 225 g/mol. The summed E-state index contributed by atoms with van der Waals surface area (Å²) in [5.41, 5.74) is 1.08. The fourth-order valence-corrected chi connectivity index (χ4v) is 2.99. The van der Waals surface area contributed by atoms with Crippen LogP contribution in [0.3, 0.4) is 0 Å². The summed E-state index contributed by atoms with van der Waals surface area (Å²) in [4.78, 5) is 0. The summed E-state index contributed by atoms with van der Waals surface area (Å²) in [5.74, 6) is -0.199. The van der Waals surface area contributed by atoms with Crippen LogP contribution in [0.15, 0.2) is 29.7 Å². The van der Waals surface area contributed by atoms with Gasteiger partial charge in [-0.15, -0.1) is 0 Å². The van der Waals surface area contributed by atoms with E-state index in [1.807, 2.05) is 0 Å². The smallest absolute Gasteiger partial charge is 0.261 e. The van der Waals surface area contributed by atoms with Crippen molar-refractivity contribution in [3.05, 3.63) is 35.2 Å². The molecule has 80 valence electrons. The zero-order chi connectivity index (χ0) is 11.1. The molecule has 15 heavy (non-hydrogen) atoms. The molecule has 0 unspecified atom stereocenters. The Balaban J connectivity index is 2.72. The maximum absolute atomic E-state index is 11.7. The first-order valence-electron chi connectivity index (χ1n) is 4.59. The number of aliphatic hydroxyl groups is 1. The lowest BCUT2D eigenvalue weighted by Crippen LogP contribution is -2.32. The summed E-state index contributed by atoms with van der Waals surface area (Å²) in [6.07, 6.45) is 0. The van der Waals surface area contributed by atoms with Gasteiger partial charge < -0.3 is 5.11 Å². The summed E-state index contributed by atoms with van der Waals surface area (Å²) < 4.78 is 24.6. The van der Waals surface area contributed by atoms with Gasteiger partial charge in [0.1, 0.15) is 5.76 Å². The van der Waals surface area contributed by atoms with Gasteiger partial charge in [0.25, 0.3) is 10.0 Å². The van der Waals surface area contributed by atoms with Gasteiger partial charge in [0, 0.05) is 12.1 Å². The molecular weight excluding hydrogens is 214 g/mol. The first-order valence-corrected chi connectivity index (χ1v) is 6.09. The van der Waals surface area contributed by atoms with Gasteiger partial charge >= 0.3 is 0 Å². The summed E-state index contributed by atoms with van der Waals surface area (Å²) in [6.45, 7) is 2.10. The highest BCUT2D eigenvalue weighted by Crippen LogP contribution is 2.33. The number of anilines is 1. The van der Waals surface area contributed by atoms with E-state index in [1.54, 1.807) is 31.2 Å². The Morgan fingerprint density at radius 3 is 2.67 bits per heavy atom. The molecule has 1 aromatic rings. The molecule has 0 amide bonds. The zero-order valence-corrected chi connectivity index (χ0v) is 9.03. The molecule has 5 heteroatoms. The quantitative estimate of drug-likeness (QED) is 0.791. The van der Waals surface area contributed by atoms with E-state index >= 15 is 0 Å². The van der Waals surface area contributed by atoms with Gasteiger partial charge in [0.05, 0.1) is 11.1 Å². The molecule has 0 atom stereocenters. The molecule has 1 heterocycles. The van der Waals surface area contributed by atoms with Gasteiger partial charge in [0.15, 0.2) is 0 Å². The molecule has 4 nitrogen and oxygen atoms in total. The Labute approximate surface area is 88.5 Å². The predicted molar refractivity (Wildman–Crippen MR) is 59.0 cm³/mol. The molecule has 0 saturated carbocycles. The monoisotopic (exact) mass is 225 g/mol.